The van der Waals surface area contributed by atoms with Gasteiger partial charge in [-0.05, 0) is 42.8 Å². The molecule has 2 aromatic rings. The zero-order valence-electron chi connectivity index (χ0n) is 11.3. The summed E-state index contributed by atoms with van der Waals surface area (Å²) in [7, 11) is 1.66. The van der Waals surface area contributed by atoms with E-state index in [-0.39, 0.29) is 5.82 Å². The highest BCUT2D eigenvalue weighted by Crippen LogP contribution is 2.22. The van der Waals surface area contributed by atoms with E-state index in [1.807, 2.05) is 30.3 Å². The number of methoxy groups -OCH3 is 1. The van der Waals surface area contributed by atoms with E-state index in [0.717, 1.165) is 27.9 Å². The van der Waals surface area contributed by atoms with Gasteiger partial charge in [-0.15, -0.1) is 0 Å². The molecule has 0 aliphatic rings. The monoisotopic (exact) mass is 337 g/mol. The molecule has 0 radical (unpaired) electrons. The Bertz CT molecular complexity index is 574. The first-order chi connectivity index (χ1) is 9.70. The van der Waals surface area contributed by atoms with Crippen molar-refractivity contribution in [1.29, 1.82) is 0 Å². The first kappa shape index (κ1) is 15.0. The topological polar surface area (TPSA) is 21.3 Å². The lowest BCUT2D eigenvalue weighted by Gasteiger charge is -2.10. The van der Waals surface area contributed by atoms with E-state index in [0.29, 0.717) is 13.0 Å². The van der Waals surface area contributed by atoms with Gasteiger partial charge in [-0.2, -0.15) is 0 Å². The molecule has 2 nitrogen and oxygen atoms in total. The number of hydrogen-bond acceptors (Lipinski definition) is 2. The molecule has 0 aliphatic heterocycles. The van der Waals surface area contributed by atoms with E-state index < -0.39 is 0 Å². The lowest BCUT2D eigenvalue weighted by Crippen LogP contribution is -2.17. The molecule has 0 atom stereocenters. The Hall–Kier alpha value is -1.39. The fourth-order valence-electron chi connectivity index (χ4n) is 2.03. The molecular weight excluding hydrogens is 321 g/mol. The fraction of sp³-hybridized carbons (Fsp3) is 0.250. The van der Waals surface area contributed by atoms with Crippen molar-refractivity contribution in [2.45, 2.75) is 13.0 Å². The van der Waals surface area contributed by atoms with Gasteiger partial charge < -0.3 is 10.1 Å². The molecule has 2 rings (SSSR count). The average Bonchev–Trinajstić information content (AvgIpc) is 2.45. The van der Waals surface area contributed by atoms with Crippen molar-refractivity contribution >= 4 is 15.9 Å². The van der Waals surface area contributed by atoms with Gasteiger partial charge in [0.15, 0.2) is 0 Å². The summed E-state index contributed by atoms with van der Waals surface area (Å²) in [4.78, 5) is 0. The Morgan fingerprint density at radius 1 is 1.15 bits per heavy atom. The molecule has 0 aromatic heterocycles. The Morgan fingerprint density at radius 3 is 2.70 bits per heavy atom. The standard InChI is InChI=1S/C16H17BrFNO/c1-20-16-7-6-14(17)10-13(16)11-19-9-8-12-4-2-3-5-15(12)18/h2-7,10,19H,8-9,11H2,1H3. The fourth-order valence-corrected chi connectivity index (χ4v) is 2.44. The molecule has 0 saturated carbocycles. The minimum atomic E-state index is -0.144. The summed E-state index contributed by atoms with van der Waals surface area (Å²) >= 11 is 3.45. The summed E-state index contributed by atoms with van der Waals surface area (Å²) < 4.78 is 19.8. The maximum Gasteiger partial charge on any atom is 0.126 e. The number of halogens is 2. The molecule has 0 heterocycles. The molecule has 0 saturated heterocycles. The highest BCUT2D eigenvalue weighted by atomic mass is 79.9. The van der Waals surface area contributed by atoms with Crippen LogP contribution in [0.5, 0.6) is 5.75 Å². The second-order valence-electron chi connectivity index (χ2n) is 4.47. The van der Waals surface area contributed by atoms with Gasteiger partial charge in [0.05, 0.1) is 7.11 Å². The highest BCUT2D eigenvalue weighted by molar-refractivity contribution is 9.10. The Kier molecular flexibility index (Phi) is 5.56. The highest BCUT2D eigenvalue weighted by Gasteiger charge is 2.04. The molecule has 2 aromatic carbocycles. The van der Waals surface area contributed by atoms with Crippen molar-refractivity contribution in [3.8, 4) is 5.75 Å². The molecular formula is C16H17BrFNO. The number of nitrogens with one attached hydrogen (secondary N) is 1. The SMILES string of the molecule is COc1ccc(Br)cc1CNCCc1ccccc1F. The van der Waals surface area contributed by atoms with Gasteiger partial charge in [-0.3, -0.25) is 0 Å². The van der Waals surface area contributed by atoms with E-state index in [9.17, 15) is 4.39 Å². The average molecular weight is 338 g/mol. The lowest BCUT2D eigenvalue weighted by molar-refractivity contribution is 0.407. The number of benzene rings is 2. The summed E-state index contributed by atoms with van der Waals surface area (Å²) in [6, 6.07) is 12.8. The lowest BCUT2D eigenvalue weighted by atomic mass is 10.1. The minimum Gasteiger partial charge on any atom is -0.496 e. The molecule has 4 heteroatoms. The van der Waals surface area contributed by atoms with Crippen molar-refractivity contribution in [1.82, 2.24) is 5.32 Å². The Balaban J connectivity index is 1.87. The van der Waals surface area contributed by atoms with Gasteiger partial charge in [0.2, 0.25) is 0 Å². The Labute approximate surface area is 127 Å². The van der Waals surface area contributed by atoms with Gasteiger partial charge in [-0.1, -0.05) is 34.1 Å². The summed E-state index contributed by atoms with van der Waals surface area (Å²) in [6.45, 7) is 1.41. The van der Waals surface area contributed by atoms with E-state index in [2.05, 4.69) is 21.2 Å². The van der Waals surface area contributed by atoms with Gasteiger partial charge in [0.25, 0.3) is 0 Å². The molecule has 0 aliphatic carbocycles. The first-order valence-electron chi connectivity index (χ1n) is 6.47. The zero-order chi connectivity index (χ0) is 14.4. The quantitative estimate of drug-likeness (QED) is 0.806. The molecule has 20 heavy (non-hydrogen) atoms. The van der Waals surface area contributed by atoms with Gasteiger partial charge in [-0.25, -0.2) is 4.39 Å². The van der Waals surface area contributed by atoms with Crippen LogP contribution in [0, 0.1) is 5.82 Å². The van der Waals surface area contributed by atoms with E-state index in [1.165, 1.54) is 6.07 Å². The van der Waals surface area contributed by atoms with Crippen LogP contribution in [0.15, 0.2) is 46.9 Å². The van der Waals surface area contributed by atoms with Crippen LogP contribution in [-0.2, 0) is 13.0 Å². The summed E-state index contributed by atoms with van der Waals surface area (Å²) in [5.41, 5.74) is 1.82. The second-order valence-corrected chi connectivity index (χ2v) is 5.39. The largest absolute Gasteiger partial charge is 0.496 e. The summed E-state index contributed by atoms with van der Waals surface area (Å²) in [5, 5.41) is 3.31. The van der Waals surface area contributed by atoms with Crippen LogP contribution in [0.2, 0.25) is 0 Å². The number of rotatable bonds is 6. The van der Waals surface area contributed by atoms with Crippen molar-refractivity contribution in [2.24, 2.45) is 0 Å². The first-order valence-corrected chi connectivity index (χ1v) is 7.26. The Morgan fingerprint density at radius 2 is 1.95 bits per heavy atom. The normalized spacial score (nSPS) is 10.6. The molecule has 0 bridgehead atoms. The number of ether oxygens (including phenoxy) is 1. The van der Waals surface area contributed by atoms with Gasteiger partial charge >= 0.3 is 0 Å². The molecule has 0 amide bonds. The van der Waals surface area contributed by atoms with Crippen LogP contribution in [0.3, 0.4) is 0 Å². The third-order valence-electron chi connectivity index (χ3n) is 3.09. The van der Waals surface area contributed by atoms with Crippen molar-refractivity contribution < 1.29 is 9.13 Å². The predicted molar refractivity (Wildman–Crippen MR) is 82.5 cm³/mol. The molecule has 1 N–H and O–H groups in total. The van der Waals surface area contributed by atoms with Crippen LogP contribution in [0.1, 0.15) is 11.1 Å². The number of hydrogen-bond donors (Lipinski definition) is 1. The van der Waals surface area contributed by atoms with Crippen molar-refractivity contribution in [2.75, 3.05) is 13.7 Å². The minimum absolute atomic E-state index is 0.144. The van der Waals surface area contributed by atoms with Crippen LogP contribution in [0.25, 0.3) is 0 Å². The second kappa shape index (κ2) is 7.41. The third-order valence-corrected chi connectivity index (χ3v) is 3.58. The molecule has 0 unspecified atom stereocenters. The zero-order valence-corrected chi connectivity index (χ0v) is 12.9. The molecule has 106 valence electrons. The van der Waals surface area contributed by atoms with Crippen molar-refractivity contribution in [3.63, 3.8) is 0 Å². The summed E-state index contributed by atoms with van der Waals surface area (Å²) in [5.74, 6) is 0.709. The van der Waals surface area contributed by atoms with Gasteiger partial charge in [0, 0.05) is 16.6 Å². The van der Waals surface area contributed by atoms with Gasteiger partial charge in [0.1, 0.15) is 11.6 Å². The maximum absolute atomic E-state index is 13.5. The van der Waals surface area contributed by atoms with Crippen LogP contribution in [0.4, 0.5) is 4.39 Å². The van der Waals surface area contributed by atoms with Crippen LogP contribution >= 0.6 is 15.9 Å². The molecule has 0 spiro atoms. The van der Waals surface area contributed by atoms with Crippen LogP contribution in [-0.4, -0.2) is 13.7 Å². The van der Waals surface area contributed by atoms with Crippen LogP contribution < -0.4 is 10.1 Å². The third kappa shape index (κ3) is 4.05. The molecule has 0 fully saturated rings. The smallest absolute Gasteiger partial charge is 0.126 e. The summed E-state index contributed by atoms with van der Waals surface area (Å²) in [6.07, 6.45) is 0.670. The van der Waals surface area contributed by atoms with E-state index in [1.54, 1.807) is 13.2 Å². The van der Waals surface area contributed by atoms with Crippen molar-refractivity contribution in [3.05, 3.63) is 63.9 Å². The van der Waals surface area contributed by atoms with E-state index >= 15 is 0 Å². The maximum atomic E-state index is 13.5. The predicted octanol–water partition coefficient (Wildman–Crippen LogP) is 3.93. The van der Waals surface area contributed by atoms with E-state index in [4.69, 9.17) is 4.74 Å².